The normalized spacial score (nSPS) is 14.1. The van der Waals surface area contributed by atoms with Crippen LogP contribution >= 0.6 is 11.3 Å². The maximum atomic E-state index is 14.5. The van der Waals surface area contributed by atoms with Crippen molar-refractivity contribution < 1.29 is 28.2 Å². The molecule has 0 saturated heterocycles. The smallest absolute Gasteiger partial charge is 0.449 e. The van der Waals surface area contributed by atoms with E-state index in [0.29, 0.717) is 17.7 Å². The Morgan fingerprint density at radius 3 is 2.42 bits per heavy atom. The van der Waals surface area contributed by atoms with Gasteiger partial charge in [0.25, 0.3) is 0 Å². The van der Waals surface area contributed by atoms with Crippen LogP contribution in [0.25, 0.3) is 10.4 Å². The lowest BCUT2D eigenvalue weighted by molar-refractivity contribution is -0.123. The quantitative estimate of drug-likeness (QED) is 0.399. The summed E-state index contributed by atoms with van der Waals surface area (Å²) >= 11 is 1.10. The Labute approximate surface area is 194 Å². The van der Waals surface area contributed by atoms with E-state index in [1.807, 2.05) is 30.3 Å². The van der Waals surface area contributed by atoms with Gasteiger partial charge in [0.2, 0.25) is 11.0 Å². The van der Waals surface area contributed by atoms with Crippen LogP contribution in [0.1, 0.15) is 37.7 Å². The zero-order valence-electron chi connectivity index (χ0n) is 17.8. The highest BCUT2D eigenvalue weighted by Gasteiger charge is 2.31. The topological polar surface area (TPSA) is 66.8 Å². The third-order valence-electron chi connectivity index (χ3n) is 5.77. The number of carbonyl (C=O) groups excluding carboxylic acids is 1. The molecule has 0 spiro atoms. The molecule has 4 rings (SSSR count). The standard InChI is InChI=1S/C25H23F2NO4S/c26-19-12-11-18(20(27)13-19)15-28(23(29)17-9-5-2-6-10-17)21-14-22(16-7-3-1-4-8-16)33-24(21)32-25(30)31/h1,3-4,7-8,11-14,17H,2,5-6,9-10,15H2,(H,30,31). The predicted molar refractivity (Wildman–Crippen MR) is 123 cm³/mol. The van der Waals surface area contributed by atoms with Crippen molar-refractivity contribution in [1.29, 1.82) is 0 Å². The molecule has 1 aliphatic carbocycles. The van der Waals surface area contributed by atoms with Gasteiger partial charge in [-0.15, -0.1) is 0 Å². The summed E-state index contributed by atoms with van der Waals surface area (Å²) in [5.41, 5.74) is 1.23. The molecule has 33 heavy (non-hydrogen) atoms. The van der Waals surface area contributed by atoms with Gasteiger partial charge >= 0.3 is 6.16 Å². The molecule has 8 heteroatoms. The van der Waals surface area contributed by atoms with Gasteiger partial charge in [-0.1, -0.05) is 67.0 Å². The molecule has 5 nitrogen and oxygen atoms in total. The largest absolute Gasteiger partial charge is 0.512 e. The number of rotatable bonds is 6. The van der Waals surface area contributed by atoms with Gasteiger partial charge in [-0.3, -0.25) is 4.79 Å². The summed E-state index contributed by atoms with van der Waals surface area (Å²) in [6.45, 7) is -0.164. The van der Waals surface area contributed by atoms with Crippen LogP contribution in [0.5, 0.6) is 5.06 Å². The van der Waals surface area contributed by atoms with Gasteiger partial charge in [-0.2, -0.15) is 0 Å². The summed E-state index contributed by atoms with van der Waals surface area (Å²) in [7, 11) is 0. The maximum absolute atomic E-state index is 14.5. The molecule has 3 aromatic rings. The average molecular weight is 472 g/mol. The Balaban J connectivity index is 1.78. The fourth-order valence-electron chi connectivity index (χ4n) is 4.12. The number of nitrogens with zero attached hydrogens (tertiary/aromatic N) is 1. The Kier molecular flexibility index (Phi) is 7.03. The first-order valence-corrected chi connectivity index (χ1v) is 11.6. The number of ether oxygens (including phenoxy) is 1. The number of hydrogen-bond acceptors (Lipinski definition) is 4. The van der Waals surface area contributed by atoms with Crippen molar-refractivity contribution in [3.8, 4) is 15.5 Å². The van der Waals surface area contributed by atoms with Crippen molar-refractivity contribution in [2.24, 2.45) is 5.92 Å². The van der Waals surface area contributed by atoms with Crippen molar-refractivity contribution in [1.82, 2.24) is 0 Å². The van der Waals surface area contributed by atoms with Gasteiger partial charge in [0, 0.05) is 22.4 Å². The highest BCUT2D eigenvalue weighted by atomic mass is 32.1. The third-order valence-corrected chi connectivity index (χ3v) is 6.82. The third kappa shape index (κ3) is 5.39. The number of carboxylic acid groups (broad SMARTS) is 1. The fourth-order valence-corrected chi connectivity index (χ4v) is 5.13. The number of amides is 1. The molecule has 0 radical (unpaired) electrons. The van der Waals surface area contributed by atoms with Crippen molar-refractivity contribution in [3.05, 3.63) is 71.8 Å². The molecule has 0 aliphatic heterocycles. The van der Waals surface area contributed by atoms with E-state index in [4.69, 9.17) is 4.74 Å². The molecule has 2 aromatic carbocycles. The molecule has 172 valence electrons. The minimum absolute atomic E-state index is 0.0352. The predicted octanol–water partition coefficient (Wildman–Crippen LogP) is 6.86. The van der Waals surface area contributed by atoms with Gasteiger partial charge in [0.15, 0.2) is 0 Å². The molecular weight excluding hydrogens is 448 g/mol. The average Bonchev–Trinajstić information content (AvgIpc) is 3.22. The highest BCUT2D eigenvalue weighted by Crippen LogP contribution is 2.44. The summed E-state index contributed by atoms with van der Waals surface area (Å²) < 4.78 is 33.0. The summed E-state index contributed by atoms with van der Waals surface area (Å²) in [6.07, 6.45) is 2.83. The Bertz CT molecular complexity index is 1140. The van der Waals surface area contributed by atoms with E-state index in [0.717, 1.165) is 48.3 Å². The van der Waals surface area contributed by atoms with E-state index >= 15 is 0 Å². The van der Waals surface area contributed by atoms with Crippen molar-refractivity contribution in [2.75, 3.05) is 4.90 Å². The van der Waals surface area contributed by atoms with Crippen LogP contribution in [0.4, 0.5) is 19.3 Å². The van der Waals surface area contributed by atoms with E-state index in [2.05, 4.69) is 0 Å². The number of benzene rings is 2. The molecule has 1 N–H and O–H groups in total. The molecule has 0 unspecified atom stereocenters. The zero-order valence-corrected chi connectivity index (χ0v) is 18.6. The molecule has 0 bridgehead atoms. The second-order valence-electron chi connectivity index (χ2n) is 8.01. The molecule has 1 saturated carbocycles. The minimum Gasteiger partial charge on any atom is -0.449 e. The summed E-state index contributed by atoms with van der Waals surface area (Å²) in [6, 6.07) is 14.2. The number of thiophene rings is 1. The van der Waals surface area contributed by atoms with Crippen molar-refractivity contribution in [3.63, 3.8) is 0 Å². The SMILES string of the molecule is O=C(O)Oc1sc(-c2ccccc2)cc1N(Cc1ccc(F)cc1F)C(=O)C1CCCCC1. The van der Waals surface area contributed by atoms with E-state index in [1.165, 1.54) is 11.0 Å². The maximum Gasteiger partial charge on any atom is 0.512 e. The first kappa shape index (κ1) is 22.9. The number of anilines is 1. The second-order valence-corrected chi connectivity index (χ2v) is 9.03. The van der Waals surface area contributed by atoms with Crippen LogP contribution in [0.15, 0.2) is 54.6 Å². The van der Waals surface area contributed by atoms with Gasteiger partial charge in [-0.05, 0) is 30.5 Å². The summed E-state index contributed by atoms with van der Waals surface area (Å²) in [5.74, 6) is -1.94. The van der Waals surface area contributed by atoms with Crippen LogP contribution in [-0.4, -0.2) is 17.2 Å². The van der Waals surface area contributed by atoms with Gasteiger partial charge in [0.1, 0.15) is 11.6 Å². The van der Waals surface area contributed by atoms with Crippen molar-refractivity contribution in [2.45, 2.75) is 38.6 Å². The summed E-state index contributed by atoms with van der Waals surface area (Å²) in [5, 5.41) is 9.32. The number of carbonyl (C=O) groups is 2. The van der Waals surface area contributed by atoms with Gasteiger partial charge in [0.05, 0.1) is 12.2 Å². The first-order valence-electron chi connectivity index (χ1n) is 10.8. The lowest BCUT2D eigenvalue weighted by atomic mass is 9.88. The van der Waals surface area contributed by atoms with E-state index in [1.54, 1.807) is 6.07 Å². The van der Waals surface area contributed by atoms with Gasteiger partial charge in [-0.25, -0.2) is 13.6 Å². The summed E-state index contributed by atoms with van der Waals surface area (Å²) in [4.78, 5) is 27.1. The Morgan fingerprint density at radius 2 is 1.76 bits per heavy atom. The van der Waals surface area contributed by atoms with E-state index < -0.39 is 17.8 Å². The second kappa shape index (κ2) is 10.1. The van der Waals surface area contributed by atoms with Crippen LogP contribution in [0.2, 0.25) is 0 Å². The number of hydrogen-bond donors (Lipinski definition) is 1. The molecular formula is C25H23F2NO4S. The molecule has 1 heterocycles. The minimum atomic E-state index is -1.50. The van der Waals surface area contributed by atoms with Crippen LogP contribution in [0.3, 0.4) is 0 Å². The molecule has 0 atom stereocenters. The first-order chi connectivity index (χ1) is 15.9. The lowest BCUT2D eigenvalue weighted by Gasteiger charge is -2.29. The molecule has 1 aromatic heterocycles. The fraction of sp³-hybridized carbons (Fsp3) is 0.280. The monoisotopic (exact) mass is 471 g/mol. The molecule has 1 aliphatic rings. The molecule has 1 amide bonds. The molecule has 1 fully saturated rings. The van der Waals surface area contributed by atoms with Crippen LogP contribution in [-0.2, 0) is 11.3 Å². The van der Waals surface area contributed by atoms with Crippen molar-refractivity contribution >= 4 is 29.1 Å². The lowest BCUT2D eigenvalue weighted by Crippen LogP contribution is -2.37. The van der Waals surface area contributed by atoms with E-state index in [9.17, 15) is 23.5 Å². The Morgan fingerprint density at radius 1 is 1.03 bits per heavy atom. The highest BCUT2D eigenvalue weighted by molar-refractivity contribution is 7.18. The zero-order chi connectivity index (χ0) is 23.4. The van der Waals surface area contributed by atoms with Crippen LogP contribution in [0, 0.1) is 17.6 Å². The Hall–Kier alpha value is -3.26. The number of halogens is 2. The van der Waals surface area contributed by atoms with Crippen LogP contribution < -0.4 is 9.64 Å². The van der Waals surface area contributed by atoms with E-state index in [-0.39, 0.29) is 34.7 Å². The van der Waals surface area contributed by atoms with Gasteiger partial charge < -0.3 is 14.7 Å².